The number of guanidine groups is 1. The number of hydrogen-bond acceptors (Lipinski definition) is 4. The lowest BCUT2D eigenvalue weighted by molar-refractivity contribution is 0.0242. The molecule has 2 aliphatic rings. The van der Waals surface area contributed by atoms with Gasteiger partial charge in [-0.2, -0.15) is 0 Å². The molecule has 0 radical (unpaired) electrons. The van der Waals surface area contributed by atoms with Crippen LogP contribution in [0.4, 0.5) is 0 Å². The smallest absolute Gasteiger partial charge is 0.191 e. The second-order valence-electron chi connectivity index (χ2n) is 6.41. The Kier molecular flexibility index (Phi) is 7.42. The Balaban J connectivity index is 1.49. The fourth-order valence-electron chi connectivity index (χ4n) is 2.81. The zero-order valence-electron chi connectivity index (χ0n) is 14.0. The van der Waals surface area contributed by atoms with Gasteiger partial charge in [0.15, 0.2) is 5.96 Å². The second-order valence-corrected chi connectivity index (χ2v) is 6.41. The molecule has 2 unspecified atom stereocenters. The first-order valence-electron chi connectivity index (χ1n) is 8.46. The van der Waals surface area contributed by atoms with Gasteiger partial charge < -0.3 is 24.8 Å². The van der Waals surface area contributed by atoms with Crippen molar-refractivity contribution in [3.8, 4) is 0 Å². The summed E-state index contributed by atoms with van der Waals surface area (Å²) in [4.78, 5) is 4.24. The van der Waals surface area contributed by atoms with Crippen LogP contribution in [0.2, 0.25) is 0 Å². The maximum absolute atomic E-state index is 5.77. The van der Waals surface area contributed by atoms with Crippen molar-refractivity contribution in [1.29, 1.82) is 0 Å². The first kappa shape index (κ1) is 17.5. The van der Waals surface area contributed by atoms with Crippen molar-refractivity contribution in [1.82, 2.24) is 10.6 Å². The predicted octanol–water partition coefficient (Wildman–Crippen LogP) is 1.16. The molecule has 6 heteroatoms. The molecule has 0 amide bonds. The van der Waals surface area contributed by atoms with E-state index in [1.54, 1.807) is 7.05 Å². The molecule has 2 saturated heterocycles. The minimum absolute atomic E-state index is 0.0515. The number of ether oxygens (including phenoxy) is 3. The van der Waals surface area contributed by atoms with Gasteiger partial charge in [0.05, 0.1) is 18.8 Å². The monoisotopic (exact) mass is 313 g/mol. The summed E-state index contributed by atoms with van der Waals surface area (Å²) >= 11 is 0. The van der Waals surface area contributed by atoms with E-state index in [-0.39, 0.29) is 5.60 Å². The molecule has 2 fully saturated rings. The van der Waals surface area contributed by atoms with Crippen molar-refractivity contribution in [2.45, 2.75) is 38.2 Å². The summed E-state index contributed by atoms with van der Waals surface area (Å²) in [5.74, 6) is 1.43. The normalized spacial score (nSPS) is 29.0. The van der Waals surface area contributed by atoms with Crippen LogP contribution < -0.4 is 10.6 Å². The van der Waals surface area contributed by atoms with Gasteiger partial charge in [-0.25, -0.2) is 0 Å². The molecule has 2 aliphatic heterocycles. The Hall–Kier alpha value is -0.850. The van der Waals surface area contributed by atoms with Crippen LogP contribution in [0.3, 0.4) is 0 Å². The van der Waals surface area contributed by atoms with Crippen LogP contribution in [0.25, 0.3) is 0 Å². The third-order valence-corrected chi connectivity index (χ3v) is 4.29. The lowest BCUT2D eigenvalue weighted by Gasteiger charge is -2.24. The van der Waals surface area contributed by atoms with Gasteiger partial charge in [-0.3, -0.25) is 4.99 Å². The highest BCUT2D eigenvalue weighted by molar-refractivity contribution is 5.79. The van der Waals surface area contributed by atoms with Gasteiger partial charge >= 0.3 is 0 Å². The van der Waals surface area contributed by atoms with Crippen molar-refractivity contribution >= 4 is 5.96 Å². The van der Waals surface area contributed by atoms with Gasteiger partial charge in [-0.1, -0.05) is 0 Å². The summed E-state index contributed by atoms with van der Waals surface area (Å²) < 4.78 is 16.8. The maximum atomic E-state index is 5.77. The third-order valence-electron chi connectivity index (χ3n) is 4.29. The predicted molar refractivity (Wildman–Crippen MR) is 87.3 cm³/mol. The molecule has 0 aromatic heterocycles. The van der Waals surface area contributed by atoms with Crippen molar-refractivity contribution in [2.24, 2.45) is 10.9 Å². The molecule has 2 rings (SSSR count). The summed E-state index contributed by atoms with van der Waals surface area (Å²) in [5, 5.41) is 6.66. The topological polar surface area (TPSA) is 64.1 Å². The van der Waals surface area contributed by atoms with Crippen LogP contribution in [-0.2, 0) is 14.2 Å². The van der Waals surface area contributed by atoms with Crippen LogP contribution in [0, 0.1) is 5.92 Å². The zero-order valence-corrected chi connectivity index (χ0v) is 14.0. The fraction of sp³-hybridized carbons (Fsp3) is 0.938. The first-order valence-corrected chi connectivity index (χ1v) is 8.46. The van der Waals surface area contributed by atoms with Gasteiger partial charge in [-0.05, 0) is 32.6 Å². The van der Waals surface area contributed by atoms with Gasteiger partial charge in [-0.15, -0.1) is 0 Å². The van der Waals surface area contributed by atoms with Crippen molar-refractivity contribution in [2.75, 3.05) is 53.2 Å². The van der Waals surface area contributed by atoms with Crippen LogP contribution >= 0.6 is 0 Å². The molecular weight excluding hydrogens is 282 g/mol. The van der Waals surface area contributed by atoms with Crippen LogP contribution in [0.1, 0.15) is 32.6 Å². The molecule has 6 nitrogen and oxygen atoms in total. The molecular formula is C16H31N3O3. The van der Waals surface area contributed by atoms with Crippen molar-refractivity contribution < 1.29 is 14.2 Å². The Bertz CT molecular complexity index is 338. The summed E-state index contributed by atoms with van der Waals surface area (Å²) in [7, 11) is 1.80. The minimum Gasteiger partial charge on any atom is -0.381 e. The minimum atomic E-state index is -0.0515. The molecule has 0 spiro atoms. The average molecular weight is 313 g/mol. The molecule has 22 heavy (non-hydrogen) atoms. The average Bonchev–Trinajstić information content (AvgIpc) is 3.18. The van der Waals surface area contributed by atoms with Gasteiger partial charge in [0, 0.05) is 45.9 Å². The molecule has 0 aliphatic carbocycles. The summed E-state index contributed by atoms with van der Waals surface area (Å²) in [6.07, 6.45) is 4.36. The number of rotatable bonds is 8. The van der Waals surface area contributed by atoms with Gasteiger partial charge in [0.1, 0.15) is 0 Å². The van der Waals surface area contributed by atoms with E-state index in [2.05, 4.69) is 22.5 Å². The van der Waals surface area contributed by atoms with E-state index in [1.165, 1.54) is 0 Å². The van der Waals surface area contributed by atoms with E-state index < -0.39 is 0 Å². The summed E-state index contributed by atoms with van der Waals surface area (Å²) in [5.41, 5.74) is -0.0515. The second kappa shape index (κ2) is 9.33. The Morgan fingerprint density at radius 2 is 2.27 bits per heavy atom. The first-order chi connectivity index (χ1) is 10.7. The Morgan fingerprint density at radius 1 is 1.36 bits per heavy atom. The lowest BCUT2D eigenvalue weighted by atomic mass is 10.0. The van der Waals surface area contributed by atoms with Crippen molar-refractivity contribution in [3.05, 3.63) is 0 Å². The van der Waals surface area contributed by atoms with E-state index in [1.807, 2.05) is 0 Å². The molecule has 0 bridgehead atoms. The van der Waals surface area contributed by atoms with E-state index in [0.717, 1.165) is 77.8 Å². The number of hydrogen-bond donors (Lipinski definition) is 2. The fourth-order valence-corrected chi connectivity index (χ4v) is 2.81. The summed E-state index contributed by atoms with van der Waals surface area (Å²) in [6, 6.07) is 0. The number of nitrogens with zero attached hydrogens (tertiary/aromatic N) is 1. The maximum Gasteiger partial charge on any atom is 0.191 e. The van der Waals surface area contributed by atoms with E-state index in [4.69, 9.17) is 14.2 Å². The molecule has 128 valence electrons. The molecule has 2 atom stereocenters. The lowest BCUT2D eigenvalue weighted by Crippen LogP contribution is -2.45. The quantitative estimate of drug-likeness (QED) is 0.400. The summed E-state index contributed by atoms with van der Waals surface area (Å²) in [6.45, 7) is 8.03. The number of nitrogens with one attached hydrogen (secondary N) is 2. The van der Waals surface area contributed by atoms with Crippen molar-refractivity contribution in [3.63, 3.8) is 0 Å². The highest BCUT2D eigenvalue weighted by Gasteiger charge is 2.29. The molecule has 2 heterocycles. The van der Waals surface area contributed by atoms with Crippen LogP contribution in [0.15, 0.2) is 4.99 Å². The van der Waals surface area contributed by atoms with Gasteiger partial charge in [0.25, 0.3) is 0 Å². The van der Waals surface area contributed by atoms with E-state index >= 15 is 0 Å². The largest absolute Gasteiger partial charge is 0.381 e. The SMILES string of the molecule is CN=C(NCCCOCC1CCOC1)NCC1(C)CCCO1. The number of aliphatic imine (C=N–C) groups is 1. The standard InChI is InChI=1S/C16H31N3O3/c1-16(6-3-9-22-16)13-19-15(17-2)18-7-4-8-20-11-14-5-10-21-12-14/h14H,3-13H2,1-2H3,(H2,17,18,19). The van der Waals surface area contributed by atoms with E-state index in [9.17, 15) is 0 Å². The van der Waals surface area contributed by atoms with Crippen LogP contribution in [0.5, 0.6) is 0 Å². The molecule has 0 aromatic rings. The highest BCUT2D eigenvalue weighted by atomic mass is 16.5. The van der Waals surface area contributed by atoms with Gasteiger partial charge in [0.2, 0.25) is 0 Å². The highest BCUT2D eigenvalue weighted by Crippen LogP contribution is 2.23. The Labute approximate surface area is 134 Å². The third kappa shape index (κ3) is 6.10. The van der Waals surface area contributed by atoms with Crippen LogP contribution in [-0.4, -0.2) is 64.7 Å². The Morgan fingerprint density at radius 3 is 2.95 bits per heavy atom. The molecule has 0 saturated carbocycles. The molecule has 0 aromatic carbocycles. The molecule has 2 N–H and O–H groups in total. The van der Waals surface area contributed by atoms with E-state index in [0.29, 0.717) is 5.92 Å². The zero-order chi connectivity index (χ0) is 15.7.